The number of aliphatic hydroxyl groups excluding tert-OH is 1. The molecule has 0 heterocycles. The highest BCUT2D eigenvalue weighted by molar-refractivity contribution is 5.49. The normalized spacial score (nSPS) is 16.4. The van der Waals surface area contributed by atoms with Crippen molar-refractivity contribution in [3.63, 3.8) is 0 Å². The van der Waals surface area contributed by atoms with E-state index in [-0.39, 0.29) is 5.41 Å². The molecule has 1 rings (SSSR count). The van der Waals surface area contributed by atoms with Gasteiger partial charge < -0.3 is 5.11 Å². The van der Waals surface area contributed by atoms with E-state index in [1.807, 2.05) is 48.6 Å². The minimum Gasteiger partial charge on any atom is -0.388 e. The van der Waals surface area contributed by atoms with Gasteiger partial charge in [-0.1, -0.05) is 75.2 Å². The first-order valence-electron chi connectivity index (χ1n) is 6.67. The molecule has 0 aromatic heterocycles. The van der Waals surface area contributed by atoms with Gasteiger partial charge >= 0.3 is 0 Å². The second-order valence-electron chi connectivity index (χ2n) is 5.03. The van der Waals surface area contributed by atoms with Crippen molar-refractivity contribution in [3.8, 4) is 0 Å². The van der Waals surface area contributed by atoms with Crippen LogP contribution in [-0.2, 0) is 0 Å². The van der Waals surface area contributed by atoms with Crippen molar-refractivity contribution in [2.75, 3.05) is 0 Å². The van der Waals surface area contributed by atoms with E-state index in [0.717, 1.165) is 24.8 Å². The molecule has 0 aliphatic carbocycles. The zero-order valence-electron chi connectivity index (χ0n) is 11.5. The van der Waals surface area contributed by atoms with Gasteiger partial charge in [-0.3, -0.25) is 0 Å². The fraction of sp³-hybridized carbons (Fsp3) is 0.412. The van der Waals surface area contributed by atoms with Crippen molar-refractivity contribution in [1.29, 1.82) is 0 Å². The van der Waals surface area contributed by atoms with E-state index in [1.54, 1.807) is 0 Å². The number of benzene rings is 1. The molecule has 98 valence electrons. The second-order valence-corrected chi connectivity index (χ2v) is 5.03. The summed E-state index contributed by atoms with van der Waals surface area (Å²) in [6.45, 7) is 8.10. The molecule has 0 fully saturated rings. The molecule has 0 saturated heterocycles. The Kier molecular flexibility index (Phi) is 5.87. The third-order valence-electron chi connectivity index (χ3n) is 3.48. The lowest BCUT2D eigenvalue weighted by molar-refractivity contribution is 0.105. The molecule has 18 heavy (non-hydrogen) atoms. The number of hydrogen-bond acceptors (Lipinski definition) is 1. The van der Waals surface area contributed by atoms with E-state index in [0.29, 0.717) is 0 Å². The number of hydrogen-bond donors (Lipinski definition) is 1. The van der Waals surface area contributed by atoms with Crippen molar-refractivity contribution in [2.24, 2.45) is 5.41 Å². The maximum absolute atomic E-state index is 10.3. The average molecular weight is 244 g/mol. The molecular weight excluding hydrogens is 220 g/mol. The Morgan fingerprint density at radius 2 is 2.00 bits per heavy atom. The van der Waals surface area contributed by atoms with Crippen LogP contribution >= 0.6 is 0 Å². The van der Waals surface area contributed by atoms with Crippen LogP contribution < -0.4 is 0 Å². The molecule has 0 aliphatic heterocycles. The molecule has 1 aromatic carbocycles. The summed E-state index contributed by atoms with van der Waals surface area (Å²) in [6, 6.07) is 10.0. The molecular formula is C17H24O. The highest BCUT2D eigenvalue weighted by Crippen LogP contribution is 2.30. The maximum atomic E-state index is 10.3. The van der Waals surface area contributed by atoms with Crippen LogP contribution in [0.2, 0.25) is 0 Å². The Bertz CT molecular complexity index is 380. The Morgan fingerprint density at radius 3 is 2.56 bits per heavy atom. The lowest BCUT2D eigenvalue weighted by atomic mass is 9.79. The SMILES string of the molecule is C=C[C@@](C)(CCCC)[C@@H](O)/C=C/c1ccccc1. The van der Waals surface area contributed by atoms with Crippen molar-refractivity contribution in [3.05, 3.63) is 54.6 Å². The van der Waals surface area contributed by atoms with E-state index in [1.165, 1.54) is 0 Å². The molecule has 0 unspecified atom stereocenters. The zero-order valence-corrected chi connectivity index (χ0v) is 11.5. The Hall–Kier alpha value is -1.34. The van der Waals surface area contributed by atoms with Crippen LogP contribution in [0.15, 0.2) is 49.1 Å². The monoisotopic (exact) mass is 244 g/mol. The average Bonchev–Trinajstić information content (AvgIpc) is 2.43. The quantitative estimate of drug-likeness (QED) is 0.703. The van der Waals surface area contributed by atoms with Gasteiger partial charge in [-0.25, -0.2) is 0 Å². The maximum Gasteiger partial charge on any atom is 0.0812 e. The van der Waals surface area contributed by atoms with Gasteiger partial charge in [0, 0.05) is 5.41 Å². The summed E-state index contributed by atoms with van der Waals surface area (Å²) in [5.41, 5.74) is 0.875. The molecule has 0 amide bonds. The summed E-state index contributed by atoms with van der Waals surface area (Å²) in [7, 11) is 0. The summed E-state index contributed by atoms with van der Waals surface area (Å²) in [5.74, 6) is 0. The Morgan fingerprint density at radius 1 is 1.33 bits per heavy atom. The first kappa shape index (κ1) is 14.7. The highest BCUT2D eigenvalue weighted by Gasteiger charge is 2.26. The smallest absolute Gasteiger partial charge is 0.0812 e. The third-order valence-corrected chi connectivity index (χ3v) is 3.48. The first-order chi connectivity index (χ1) is 8.62. The van der Waals surface area contributed by atoms with Crippen LogP contribution in [0.5, 0.6) is 0 Å². The van der Waals surface area contributed by atoms with Crippen LogP contribution in [0.4, 0.5) is 0 Å². The van der Waals surface area contributed by atoms with E-state index in [2.05, 4.69) is 20.4 Å². The summed E-state index contributed by atoms with van der Waals surface area (Å²) in [5, 5.41) is 10.3. The topological polar surface area (TPSA) is 20.2 Å². The molecule has 2 atom stereocenters. The summed E-state index contributed by atoms with van der Waals surface area (Å²) in [4.78, 5) is 0. The molecule has 0 radical (unpaired) electrons. The van der Waals surface area contributed by atoms with Gasteiger partial charge in [0.25, 0.3) is 0 Å². The molecule has 1 nitrogen and oxygen atoms in total. The summed E-state index contributed by atoms with van der Waals surface area (Å²) >= 11 is 0. The van der Waals surface area contributed by atoms with Crippen LogP contribution in [0.3, 0.4) is 0 Å². The van der Waals surface area contributed by atoms with Gasteiger partial charge in [0.2, 0.25) is 0 Å². The van der Waals surface area contributed by atoms with Crippen molar-refractivity contribution < 1.29 is 5.11 Å². The minimum atomic E-state index is -0.484. The van der Waals surface area contributed by atoms with E-state index < -0.39 is 6.10 Å². The van der Waals surface area contributed by atoms with E-state index >= 15 is 0 Å². The molecule has 1 N–H and O–H groups in total. The molecule has 0 saturated carbocycles. The Balaban J connectivity index is 2.70. The van der Waals surface area contributed by atoms with Crippen molar-refractivity contribution in [2.45, 2.75) is 39.2 Å². The van der Waals surface area contributed by atoms with Crippen molar-refractivity contribution >= 4 is 6.08 Å². The van der Waals surface area contributed by atoms with E-state index in [9.17, 15) is 5.11 Å². The zero-order chi connectivity index (χ0) is 13.4. The predicted molar refractivity (Wildman–Crippen MR) is 79.3 cm³/mol. The minimum absolute atomic E-state index is 0.235. The Labute approximate surface area is 111 Å². The lowest BCUT2D eigenvalue weighted by Gasteiger charge is -2.29. The van der Waals surface area contributed by atoms with Gasteiger partial charge in [0.05, 0.1) is 6.10 Å². The molecule has 1 heteroatoms. The molecule has 0 spiro atoms. The number of unbranched alkanes of at least 4 members (excludes halogenated alkanes) is 1. The van der Waals surface area contributed by atoms with Gasteiger partial charge in [0.15, 0.2) is 0 Å². The van der Waals surface area contributed by atoms with Gasteiger partial charge in [-0.05, 0) is 12.0 Å². The fourth-order valence-corrected chi connectivity index (χ4v) is 1.91. The number of rotatable bonds is 7. The van der Waals surface area contributed by atoms with Gasteiger partial charge in [0.1, 0.15) is 0 Å². The van der Waals surface area contributed by atoms with Gasteiger partial charge in [-0.2, -0.15) is 0 Å². The molecule has 0 aliphatic rings. The largest absolute Gasteiger partial charge is 0.388 e. The second kappa shape index (κ2) is 7.17. The van der Waals surface area contributed by atoms with Crippen LogP contribution in [0.25, 0.3) is 6.08 Å². The van der Waals surface area contributed by atoms with Crippen LogP contribution in [0.1, 0.15) is 38.7 Å². The summed E-state index contributed by atoms with van der Waals surface area (Å²) in [6.07, 6.45) is 8.44. The number of aliphatic hydroxyl groups is 1. The third kappa shape index (κ3) is 4.15. The standard InChI is InChI=1S/C17H24O/c1-4-6-14-17(3,5-2)16(18)13-12-15-10-8-7-9-11-15/h5,7-13,16,18H,2,4,6,14H2,1,3H3/b13-12+/t16-,17-/m0/s1. The molecule has 1 aromatic rings. The van der Waals surface area contributed by atoms with Crippen LogP contribution in [-0.4, -0.2) is 11.2 Å². The fourth-order valence-electron chi connectivity index (χ4n) is 1.91. The van der Waals surface area contributed by atoms with E-state index in [4.69, 9.17) is 0 Å². The first-order valence-corrected chi connectivity index (χ1v) is 6.67. The van der Waals surface area contributed by atoms with Crippen molar-refractivity contribution in [1.82, 2.24) is 0 Å². The van der Waals surface area contributed by atoms with Gasteiger partial charge in [-0.15, -0.1) is 6.58 Å². The predicted octanol–water partition coefficient (Wildman–Crippen LogP) is 4.44. The highest BCUT2D eigenvalue weighted by atomic mass is 16.3. The summed E-state index contributed by atoms with van der Waals surface area (Å²) < 4.78 is 0. The lowest BCUT2D eigenvalue weighted by Crippen LogP contribution is -2.28. The van der Waals surface area contributed by atoms with Crippen LogP contribution in [0, 0.1) is 5.41 Å². The molecule has 0 bridgehead atoms.